The lowest BCUT2D eigenvalue weighted by atomic mass is 10.0. The number of rotatable bonds is 2. The maximum atomic E-state index is 13.0. The van der Waals surface area contributed by atoms with Crippen LogP contribution in [-0.2, 0) is 0 Å². The van der Waals surface area contributed by atoms with E-state index >= 15 is 0 Å². The molecule has 0 saturated heterocycles. The molecule has 1 aliphatic rings. The largest absolute Gasteiger partial charge is 0.505 e. The van der Waals surface area contributed by atoms with Gasteiger partial charge in [0, 0.05) is 16.6 Å². The zero-order valence-electron chi connectivity index (χ0n) is 7.50. The van der Waals surface area contributed by atoms with E-state index in [4.69, 9.17) is 17.3 Å². The molecule has 1 saturated carbocycles. The minimum absolute atomic E-state index is 0.334. The van der Waals surface area contributed by atoms with Gasteiger partial charge in [-0.2, -0.15) is 0 Å². The molecule has 0 bridgehead atoms. The molecule has 0 aliphatic heterocycles. The Balaban J connectivity index is 2.43. The summed E-state index contributed by atoms with van der Waals surface area (Å²) in [4.78, 5) is 0. The molecule has 14 heavy (non-hydrogen) atoms. The first kappa shape index (κ1) is 9.74. The van der Waals surface area contributed by atoms with E-state index in [1.165, 1.54) is 6.07 Å². The molecule has 0 heterocycles. The maximum Gasteiger partial charge on any atom is 0.165 e. The summed E-state index contributed by atoms with van der Waals surface area (Å²) in [5.74, 6) is -0.738. The van der Waals surface area contributed by atoms with Crippen LogP contribution in [0.5, 0.6) is 5.75 Å². The number of benzene rings is 1. The van der Waals surface area contributed by atoms with Gasteiger partial charge >= 0.3 is 0 Å². The number of halogens is 2. The molecule has 0 spiro atoms. The van der Waals surface area contributed by atoms with E-state index in [0.29, 0.717) is 16.5 Å². The highest BCUT2D eigenvalue weighted by atomic mass is 35.5. The van der Waals surface area contributed by atoms with Crippen molar-refractivity contribution in [2.45, 2.75) is 18.9 Å². The van der Waals surface area contributed by atoms with Gasteiger partial charge in [0.1, 0.15) is 0 Å². The Labute approximate surface area is 86.5 Å². The van der Waals surface area contributed by atoms with Crippen molar-refractivity contribution in [1.29, 1.82) is 0 Å². The normalized spacial score (nSPS) is 18.2. The van der Waals surface area contributed by atoms with Gasteiger partial charge in [-0.05, 0) is 30.9 Å². The lowest BCUT2D eigenvalue weighted by Gasteiger charge is -2.14. The second kappa shape index (κ2) is 3.41. The third kappa shape index (κ3) is 1.57. The van der Waals surface area contributed by atoms with Crippen molar-refractivity contribution in [3.63, 3.8) is 0 Å². The number of hydrogen-bond acceptors (Lipinski definition) is 2. The molecule has 1 atom stereocenters. The fourth-order valence-electron chi connectivity index (χ4n) is 1.56. The van der Waals surface area contributed by atoms with Crippen LogP contribution in [0.25, 0.3) is 0 Å². The van der Waals surface area contributed by atoms with Gasteiger partial charge in [0.2, 0.25) is 0 Å². The number of nitrogens with two attached hydrogens (primary N) is 1. The van der Waals surface area contributed by atoms with E-state index < -0.39 is 11.6 Å². The number of aromatic hydroxyl groups is 1. The average Bonchev–Trinajstić information content (AvgIpc) is 2.95. The Morgan fingerprint density at radius 1 is 1.50 bits per heavy atom. The number of phenolic OH excluding ortho intramolecular Hbond substituents is 1. The molecule has 76 valence electrons. The van der Waals surface area contributed by atoms with Gasteiger partial charge in [0.05, 0.1) is 0 Å². The standard InChI is InChI=1S/C10H11ClFNO/c11-6-3-4-7(12)10(14)8(6)9(13)5-1-2-5/h3-5,9,14H,1-2,13H2. The van der Waals surface area contributed by atoms with E-state index in [2.05, 4.69) is 0 Å². The van der Waals surface area contributed by atoms with Crippen LogP contribution in [0, 0.1) is 11.7 Å². The van der Waals surface area contributed by atoms with Crippen LogP contribution < -0.4 is 5.73 Å². The Morgan fingerprint density at radius 2 is 2.14 bits per heavy atom. The first-order chi connectivity index (χ1) is 6.61. The molecule has 4 heteroatoms. The second-order valence-corrected chi connectivity index (χ2v) is 4.06. The van der Waals surface area contributed by atoms with Gasteiger partial charge in [-0.1, -0.05) is 11.6 Å². The summed E-state index contributed by atoms with van der Waals surface area (Å²) in [6.07, 6.45) is 2.04. The molecule has 1 fully saturated rings. The number of phenols is 1. The maximum absolute atomic E-state index is 13.0. The lowest BCUT2D eigenvalue weighted by molar-refractivity contribution is 0.417. The third-order valence-electron chi connectivity index (χ3n) is 2.58. The Kier molecular flexibility index (Phi) is 2.37. The van der Waals surface area contributed by atoms with Crippen LogP contribution in [0.2, 0.25) is 5.02 Å². The molecule has 1 aliphatic carbocycles. The Bertz CT molecular complexity index is 365. The molecule has 1 aromatic rings. The van der Waals surface area contributed by atoms with Crippen LogP contribution >= 0.6 is 11.6 Å². The van der Waals surface area contributed by atoms with Crippen molar-refractivity contribution in [1.82, 2.24) is 0 Å². The second-order valence-electron chi connectivity index (χ2n) is 3.65. The Morgan fingerprint density at radius 3 is 2.71 bits per heavy atom. The zero-order chi connectivity index (χ0) is 10.3. The molecule has 2 rings (SSSR count). The average molecular weight is 216 g/mol. The van der Waals surface area contributed by atoms with Gasteiger partial charge in [0.15, 0.2) is 11.6 Å². The summed E-state index contributed by atoms with van der Waals surface area (Å²) in [7, 11) is 0. The van der Waals surface area contributed by atoms with Gasteiger partial charge in [-0.25, -0.2) is 4.39 Å². The van der Waals surface area contributed by atoms with Crippen molar-refractivity contribution >= 4 is 11.6 Å². The van der Waals surface area contributed by atoms with Gasteiger partial charge in [0.25, 0.3) is 0 Å². The molecular weight excluding hydrogens is 205 g/mol. The molecule has 0 amide bonds. The summed E-state index contributed by atoms with van der Waals surface area (Å²) in [6, 6.07) is 2.22. The highest BCUT2D eigenvalue weighted by Gasteiger charge is 2.33. The highest BCUT2D eigenvalue weighted by molar-refractivity contribution is 6.31. The minimum Gasteiger partial charge on any atom is -0.505 e. The van der Waals surface area contributed by atoms with E-state index in [-0.39, 0.29) is 6.04 Å². The molecule has 0 radical (unpaired) electrons. The van der Waals surface area contributed by atoms with Crippen LogP contribution in [0.4, 0.5) is 4.39 Å². The van der Waals surface area contributed by atoms with Gasteiger partial charge in [-0.15, -0.1) is 0 Å². The molecular formula is C10H11ClFNO. The van der Waals surface area contributed by atoms with E-state index in [1.54, 1.807) is 0 Å². The van der Waals surface area contributed by atoms with Gasteiger partial charge in [-0.3, -0.25) is 0 Å². The smallest absolute Gasteiger partial charge is 0.165 e. The minimum atomic E-state index is -0.666. The molecule has 3 N–H and O–H groups in total. The van der Waals surface area contributed by atoms with Crippen molar-refractivity contribution in [2.75, 3.05) is 0 Å². The van der Waals surface area contributed by atoms with Crippen molar-refractivity contribution in [3.05, 3.63) is 28.5 Å². The van der Waals surface area contributed by atoms with Crippen LogP contribution in [0.1, 0.15) is 24.4 Å². The highest BCUT2D eigenvalue weighted by Crippen LogP contribution is 2.44. The van der Waals surface area contributed by atoms with Crippen LogP contribution in [-0.4, -0.2) is 5.11 Å². The first-order valence-corrected chi connectivity index (χ1v) is 4.91. The summed E-state index contributed by atoms with van der Waals surface area (Å²) >= 11 is 5.86. The van der Waals surface area contributed by atoms with Crippen molar-refractivity contribution in [3.8, 4) is 5.75 Å². The SMILES string of the molecule is NC(c1c(Cl)ccc(F)c1O)C1CC1. The topological polar surface area (TPSA) is 46.2 Å². The summed E-state index contributed by atoms with van der Waals surface area (Å²) < 4.78 is 13.0. The van der Waals surface area contributed by atoms with Gasteiger partial charge < -0.3 is 10.8 Å². The quantitative estimate of drug-likeness (QED) is 0.797. The van der Waals surface area contributed by atoms with E-state index in [9.17, 15) is 9.50 Å². The molecule has 1 aromatic carbocycles. The summed E-state index contributed by atoms with van der Waals surface area (Å²) in [6.45, 7) is 0. The molecule has 2 nitrogen and oxygen atoms in total. The van der Waals surface area contributed by atoms with E-state index in [1.807, 2.05) is 0 Å². The lowest BCUT2D eigenvalue weighted by Crippen LogP contribution is -2.13. The molecule has 0 aromatic heterocycles. The van der Waals surface area contributed by atoms with E-state index in [0.717, 1.165) is 18.9 Å². The zero-order valence-corrected chi connectivity index (χ0v) is 8.26. The molecule has 1 unspecified atom stereocenters. The summed E-state index contributed by atoms with van der Waals surface area (Å²) in [5.41, 5.74) is 6.20. The van der Waals surface area contributed by atoms with Crippen molar-refractivity contribution < 1.29 is 9.50 Å². The van der Waals surface area contributed by atoms with Crippen molar-refractivity contribution in [2.24, 2.45) is 11.7 Å². The van der Waals surface area contributed by atoms with Crippen LogP contribution in [0.15, 0.2) is 12.1 Å². The number of hydrogen-bond donors (Lipinski definition) is 2. The Hall–Kier alpha value is -0.800. The monoisotopic (exact) mass is 215 g/mol. The fourth-order valence-corrected chi connectivity index (χ4v) is 1.84. The predicted octanol–water partition coefficient (Wildman–Crippen LogP) is 2.59. The fraction of sp³-hybridized carbons (Fsp3) is 0.400. The first-order valence-electron chi connectivity index (χ1n) is 4.53. The predicted molar refractivity (Wildman–Crippen MR) is 52.7 cm³/mol. The summed E-state index contributed by atoms with van der Waals surface area (Å²) in [5, 5.41) is 9.82. The third-order valence-corrected chi connectivity index (χ3v) is 2.91. The van der Waals surface area contributed by atoms with Crippen LogP contribution in [0.3, 0.4) is 0 Å².